The summed E-state index contributed by atoms with van der Waals surface area (Å²) >= 11 is 0. The Labute approximate surface area is 115 Å². The molecule has 19 heavy (non-hydrogen) atoms. The van der Waals surface area contributed by atoms with Gasteiger partial charge in [-0.1, -0.05) is 13.8 Å². The summed E-state index contributed by atoms with van der Waals surface area (Å²) in [5.41, 5.74) is 0.606. The van der Waals surface area contributed by atoms with Gasteiger partial charge in [0.2, 0.25) is 0 Å². The van der Waals surface area contributed by atoms with E-state index in [0.29, 0.717) is 11.5 Å². The van der Waals surface area contributed by atoms with E-state index in [1.165, 1.54) is 26.1 Å². The third kappa shape index (κ3) is 4.22. The van der Waals surface area contributed by atoms with E-state index in [1.807, 2.05) is 6.07 Å². The Morgan fingerprint density at radius 1 is 1.53 bits per heavy atom. The van der Waals surface area contributed by atoms with Crippen LogP contribution in [0.1, 0.15) is 25.8 Å². The van der Waals surface area contributed by atoms with Crippen LogP contribution in [0.4, 0.5) is 5.82 Å². The topological polar surface area (TPSA) is 52.0 Å². The molecule has 0 amide bonds. The number of nitriles is 1. The molecule has 0 unspecified atom stereocenters. The largest absolute Gasteiger partial charge is 0.370 e. The fourth-order valence-electron chi connectivity index (χ4n) is 2.58. The van der Waals surface area contributed by atoms with Gasteiger partial charge < -0.3 is 10.2 Å². The van der Waals surface area contributed by atoms with Gasteiger partial charge in [0.05, 0.1) is 5.56 Å². The van der Waals surface area contributed by atoms with E-state index in [0.717, 1.165) is 18.3 Å². The van der Waals surface area contributed by atoms with Gasteiger partial charge in [-0.3, -0.25) is 0 Å². The average Bonchev–Trinajstić information content (AvgIpc) is 2.84. The number of aromatic nitrogens is 1. The van der Waals surface area contributed by atoms with Crippen LogP contribution in [0.2, 0.25) is 0 Å². The second-order valence-corrected chi connectivity index (χ2v) is 5.73. The van der Waals surface area contributed by atoms with Gasteiger partial charge >= 0.3 is 0 Å². The highest BCUT2D eigenvalue weighted by Gasteiger charge is 2.22. The maximum atomic E-state index is 8.72. The second-order valence-electron chi connectivity index (χ2n) is 5.73. The third-order valence-electron chi connectivity index (χ3n) is 3.46. The summed E-state index contributed by atoms with van der Waals surface area (Å²) < 4.78 is 0. The molecule has 0 bridgehead atoms. The lowest BCUT2D eigenvalue weighted by atomic mass is 10.1. The molecule has 2 rings (SSSR count). The lowest BCUT2D eigenvalue weighted by Gasteiger charge is -2.18. The van der Waals surface area contributed by atoms with E-state index in [1.54, 1.807) is 12.3 Å². The van der Waals surface area contributed by atoms with E-state index in [-0.39, 0.29) is 0 Å². The first-order chi connectivity index (χ1) is 9.17. The summed E-state index contributed by atoms with van der Waals surface area (Å²) in [6.07, 6.45) is 2.87. The zero-order chi connectivity index (χ0) is 13.7. The lowest BCUT2D eigenvalue weighted by Crippen LogP contribution is -2.26. The Bertz CT molecular complexity index is 432. The number of rotatable bonds is 5. The predicted octanol–water partition coefficient (Wildman–Crippen LogP) is 2.34. The van der Waals surface area contributed by atoms with Crippen molar-refractivity contribution in [3.63, 3.8) is 0 Å². The molecule has 102 valence electrons. The highest BCUT2D eigenvalue weighted by molar-refractivity contribution is 5.38. The van der Waals surface area contributed by atoms with Crippen molar-refractivity contribution in [1.82, 2.24) is 9.88 Å². The third-order valence-corrected chi connectivity index (χ3v) is 3.46. The van der Waals surface area contributed by atoms with Crippen molar-refractivity contribution in [2.75, 3.05) is 31.5 Å². The molecule has 1 saturated heterocycles. The first-order valence-corrected chi connectivity index (χ1v) is 6.99. The minimum absolute atomic E-state index is 0.606. The van der Waals surface area contributed by atoms with Crippen LogP contribution in [0.5, 0.6) is 0 Å². The lowest BCUT2D eigenvalue weighted by molar-refractivity contribution is 0.289. The number of nitrogens with zero attached hydrogens (tertiary/aromatic N) is 3. The van der Waals surface area contributed by atoms with E-state index in [2.05, 4.69) is 35.1 Å². The van der Waals surface area contributed by atoms with Gasteiger partial charge in [0, 0.05) is 25.8 Å². The summed E-state index contributed by atoms with van der Waals surface area (Å²) in [7, 11) is 0. The molecule has 1 aliphatic heterocycles. The number of nitrogens with one attached hydrogen (secondary N) is 1. The van der Waals surface area contributed by atoms with E-state index in [4.69, 9.17) is 5.26 Å². The molecule has 1 N–H and O–H groups in total. The zero-order valence-electron chi connectivity index (χ0n) is 11.8. The van der Waals surface area contributed by atoms with Crippen molar-refractivity contribution in [3.8, 4) is 6.07 Å². The summed E-state index contributed by atoms with van der Waals surface area (Å²) in [5.74, 6) is 2.31. The van der Waals surface area contributed by atoms with Gasteiger partial charge in [-0.2, -0.15) is 5.26 Å². The second kappa shape index (κ2) is 6.53. The molecule has 1 aromatic rings. The van der Waals surface area contributed by atoms with Crippen molar-refractivity contribution in [1.29, 1.82) is 5.26 Å². The highest BCUT2D eigenvalue weighted by atomic mass is 15.2. The Morgan fingerprint density at radius 3 is 3.00 bits per heavy atom. The summed E-state index contributed by atoms with van der Waals surface area (Å²) in [6, 6.07) is 5.75. The van der Waals surface area contributed by atoms with E-state index < -0.39 is 0 Å². The van der Waals surface area contributed by atoms with Gasteiger partial charge in [-0.25, -0.2) is 4.98 Å². The van der Waals surface area contributed by atoms with Crippen LogP contribution in [-0.2, 0) is 0 Å². The van der Waals surface area contributed by atoms with Gasteiger partial charge in [0.25, 0.3) is 0 Å². The SMILES string of the molecule is CC(C)CN1CC[C@@H](CNc2ccc(C#N)cn2)C1. The minimum atomic E-state index is 0.606. The average molecular weight is 258 g/mol. The Balaban J connectivity index is 1.75. The Kier molecular flexibility index (Phi) is 4.75. The molecular weight excluding hydrogens is 236 g/mol. The van der Waals surface area contributed by atoms with Gasteiger partial charge in [-0.15, -0.1) is 0 Å². The maximum Gasteiger partial charge on any atom is 0.125 e. The van der Waals surface area contributed by atoms with Crippen LogP contribution in [0.15, 0.2) is 18.3 Å². The van der Waals surface area contributed by atoms with Crippen molar-refractivity contribution in [2.24, 2.45) is 11.8 Å². The maximum absolute atomic E-state index is 8.72. The van der Waals surface area contributed by atoms with Crippen molar-refractivity contribution in [3.05, 3.63) is 23.9 Å². The number of hydrogen-bond acceptors (Lipinski definition) is 4. The Hall–Kier alpha value is -1.60. The fraction of sp³-hybridized carbons (Fsp3) is 0.600. The van der Waals surface area contributed by atoms with Gasteiger partial charge in [-0.05, 0) is 36.9 Å². The fourth-order valence-corrected chi connectivity index (χ4v) is 2.58. The molecule has 1 fully saturated rings. The summed E-state index contributed by atoms with van der Waals surface area (Å²) in [5, 5.41) is 12.1. The predicted molar refractivity (Wildman–Crippen MR) is 76.8 cm³/mol. The first kappa shape index (κ1) is 13.8. The van der Waals surface area contributed by atoms with E-state index in [9.17, 15) is 0 Å². The number of likely N-dealkylation sites (tertiary alicyclic amines) is 1. The molecular formula is C15H22N4. The molecule has 0 aliphatic carbocycles. The van der Waals surface area contributed by atoms with Gasteiger partial charge in [0.15, 0.2) is 0 Å². The van der Waals surface area contributed by atoms with E-state index >= 15 is 0 Å². The molecule has 4 heteroatoms. The van der Waals surface area contributed by atoms with Crippen LogP contribution in [0.25, 0.3) is 0 Å². The van der Waals surface area contributed by atoms with Crippen LogP contribution < -0.4 is 5.32 Å². The van der Waals surface area contributed by atoms with Crippen LogP contribution >= 0.6 is 0 Å². The van der Waals surface area contributed by atoms with Crippen molar-refractivity contribution in [2.45, 2.75) is 20.3 Å². The summed E-state index contributed by atoms with van der Waals surface area (Å²) in [4.78, 5) is 6.78. The number of hydrogen-bond donors (Lipinski definition) is 1. The number of anilines is 1. The number of pyridine rings is 1. The molecule has 4 nitrogen and oxygen atoms in total. The first-order valence-electron chi connectivity index (χ1n) is 6.99. The zero-order valence-corrected chi connectivity index (χ0v) is 11.8. The molecule has 1 atom stereocenters. The van der Waals surface area contributed by atoms with Crippen molar-refractivity contribution >= 4 is 5.82 Å². The summed E-state index contributed by atoms with van der Waals surface area (Å²) in [6.45, 7) is 9.10. The standard InChI is InChI=1S/C15H22N4/c1-12(2)10-19-6-5-14(11-19)9-18-15-4-3-13(7-16)8-17-15/h3-4,8,12,14H,5-6,9-11H2,1-2H3,(H,17,18)/t14-/m0/s1. The normalized spacial score (nSPS) is 19.6. The van der Waals surface area contributed by atoms with Crippen molar-refractivity contribution < 1.29 is 0 Å². The molecule has 2 heterocycles. The molecule has 0 saturated carbocycles. The highest BCUT2D eigenvalue weighted by Crippen LogP contribution is 2.18. The molecule has 0 radical (unpaired) electrons. The smallest absolute Gasteiger partial charge is 0.125 e. The van der Waals surface area contributed by atoms with Crippen LogP contribution in [0.3, 0.4) is 0 Å². The van der Waals surface area contributed by atoms with Crippen LogP contribution in [-0.4, -0.2) is 36.1 Å². The van der Waals surface area contributed by atoms with Gasteiger partial charge in [0.1, 0.15) is 11.9 Å². The van der Waals surface area contributed by atoms with Crippen LogP contribution in [0, 0.1) is 23.2 Å². The molecule has 0 aromatic carbocycles. The molecule has 1 aliphatic rings. The molecule has 0 spiro atoms. The Morgan fingerprint density at radius 2 is 2.37 bits per heavy atom. The monoisotopic (exact) mass is 258 g/mol. The minimum Gasteiger partial charge on any atom is -0.370 e. The molecule has 1 aromatic heterocycles. The quantitative estimate of drug-likeness (QED) is 0.880.